The van der Waals surface area contributed by atoms with E-state index >= 15 is 0 Å². The van der Waals surface area contributed by atoms with Gasteiger partial charge in [-0.1, -0.05) is 6.58 Å². The average Bonchev–Trinajstić information content (AvgIpc) is 2.96. The molecule has 1 fully saturated rings. The number of likely N-dealkylation sites (tertiary alicyclic amines) is 1. The normalized spacial score (nSPS) is 18.3. The Kier molecular flexibility index (Phi) is 5.73. The first kappa shape index (κ1) is 17.7. The van der Waals surface area contributed by atoms with Crippen molar-refractivity contribution in [2.45, 2.75) is 26.7 Å². The van der Waals surface area contributed by atoms with Gasteiger partial charge < -0.3 is 21.8 Å². The molecule has 128 valence electrons. The van der Waals surface area contributed by atoms with Crippen LogP contribution in [0, 0.1) is 18.3 Å². The van der Waals surface area contributed by atoms with Crippen LogP contribution in [0.1, 0.15) is 31.0 Å². The zero-order valence-corrected chi connectivity index (χ0v) is 14.4. The predicted octanol–water partition coefficient (Wildman–Crippen LogP) is 2.49. The number of nitrogens with two attached hydrogens (primary N) is 2. The SMILES string of the molecule is C=C(/C=C\c1ncnc(N)c1C)N1CCC(C/C(N)=C/C(C)=N)C1. The van der Waals surface area contributed by atoms with Crippen LogP contribution in [0.4, 0.5) is 5.82 Å². The first-order chi connectivity index (χ1) is 11.4. The maximum absolute atomic E-state index is 7.47. The number of nitrogens with one attached hydrogen (secondary N) is 1. The average molecular weight is 326 g/mol. The number of allylic oxidation sites excluding steroid dienone is 3. The second-order valence-electron chi connectivity index (χ2n) is 6.30. The van der Waals surface area contributed by atoms with E-state index in [0.29, 0.717) is 17.4 Å². The smallest absolute Gasteiger partial charge is 0.130 e. The van der Waals surface area contributed by atoms with Crippen molar-refractivity contribution in [2.24, 2.45) is 11.7 Å². The Morgan fingerprint density at radius 2 is 2.25 bits per heavy atom. The topological polar surface area (TPSA) is 105 Å². The molecule has 6 heteroatoms. The Bertz CT molecular complexity index is 689. The Morgan fingerprint density at radius 1 is 1.50 bits per heavy atom. The molecule has 0 aromatic carbocycles. The monoisotopic (exact) mass is 326 g/mol. The molecule has 1 aromatic rings. The quantitative estimate of drug-likeness (QED) is 0.550. The first-order valence-corrected chi connectivity index (χ1v) is 8.07. The molecule has 2 rings (SSSR count). The maximum atomic E-state index is 7.47. The van der Waals surface area contributed by atoms with Crippen molar-refractivity contribution in [3.05, 3.63) is 47.7 Å². The van der Waals surface area contributed by atoms with E-state index in [1.807, 2.05) is 19.1 Å². The fraction of sp³-hybridized carbons (Fsp3) is 0.389. The Balaban J connectivity index is 1.93. The Hall–Kier alpha value is -2.63. The molecule has 0 bridgehead atoms. The van der Waals surface area contributed by atoms with Crippen LogP contribution in [-0.2, 0) is 0 Å². The van der Waals surface area contributed by atoms with Crippen LogP contribution in [0.2, 0.25) is 0 Å². The van der Waals surface area contributed by atoms with Gasteiger partial charge in [0.2, 0.25) is 0 Å². The number of anilines is 1. The summed E-state index contributed by atoms with van der Waals surface area (Å²) in [5.41, 5.74) is 15.7. The van der Waals surface area contributed by atoms with Crippen molar-refractivity contribution in [1.29, 1.82) is 5.41 Å². The molecule has 5 N–H and O–H groups in total. The molecule has 24 heavy (non-hydrogen) atoms. The van der Waals surface area contributed by atoms with Gasteiger partial charge in [-0.2, -0.15) is 0 Å². The Morgan fingerprint density at radius 3 is 2.96 bits per heavy atom. The van der Waals surface area contributed by atoms with Crippen molar-refractivity contribution in [2.75, 3.05) is 18.8 Å². The van der Waals surface area contributed by atoms with Gasteiger partial charge in [0.1, 0.15) is 12.1 Å². The second kappa shape index (κ2) is 7.77. The van der Waals surface area contributed by atoms with Crippen LogP contribution in [0.3, 0.4) is 0 Å². The number of nitrogen functional groups attached to an aromatic ring is 1. The highest BCUT2D eigenvalue weighted by Gasteiger charge is 2.22. The van der Waals surface area contributed by atoms with E-state index in [2.05, 4.69) is 21.4 Å². The lowest BCUT2D eigenvalue weighted by molar-refractivity contribution is 0.415. The van der Waals surface area contributed by atoms with Crippen LogP contribution in [0.15, 0.2) is 36.5 Å². The molecule has 0 aliphatic carbocycles. The lowest BCUT2D eigenvalue weighted by Crippen LogP contribution is -2.19. The summed E-state index contributed by atoms with van der Waals surface area (Å²) in [6, 6.07) is 0. The fourth-order valence-corrected chi connectivity index (χ4v) is 2.86. The van der Waals surface area contributed by atoms with Crippen LogP contribution in [0.25, 0.3) is 6.08 Å². The van der Waals surface area contributed by atoms with Gasteiger partial charge in [0.15, 0.2) is 0 Å². The molecule has 0 radical (unpaired) electrons. The van der Waals surface area contributed by atoms with Gasteiger partial charge in [-0.05, 0) is 50.8 Å². The third-order valence-corrected chi connectivity index (χ3v) is 4.21. The van der Waals surface area contributed by atoms with E-state index in [9.17, 15) is 0 Å². The van der Waals surface area contributed by atoms with E-state index in [1.54, 1.807) is 13.0 Å². The first-order valence-electron chi connectivity index (χ1n) is 8.07. The molecule has 0 spiro atoms. The van der Waals surface area contributed by atoms with Crippen LogP contribution in [-0.4, -0.2) is 33.7 Å². The number of aromatic nitrogens is 2. The van der Waals surface area contributed by atoms with E-state index in [-0.39, 0.29) is 0 Å². The third-order valence-electron chi connectivity index (χ3n) is 4.21. The molecule has 1 atom stereocenters. The Labute approximate surface area is 143 Å². The van der Waals surface area contributed by atoms with Gasteiger partial charge in [-0.25, -0.2) is 9.97 Å². The number of nitrogens with zero attached hydrogens (tertiary/aromatic N) is 3. The molecule has 1 aliphatic rings. The summed E-state index contributed by atoms with van der Waals surface area (Å²) in [4.78, 5) is 10.5. The van der Waals surface area contributed by atoms with E-state index in [0.717, 1.165) is 48.6 Å². The van der Waals surface area contributed by atoms with Gasteiger partial charge >= 0.3 is 0 Å². The molecule has 0 amide bonds. The van der Waals surface area contributed by atoms with Gasteiger partial charge in [-0.15, -0.1) is 0 Å². The summed E-state index contributed by atoms with van der Waals surface area (Å²) in [6.45, 7) is 9.69. The molecule has 6 nitrogen and oxygen atoms in total. The highest BCUT2D eigenvalue weighted by molar-refractivity contribution is 5.90. The lowest BCUT2D eigenvalue weighted by Gasteiger charge is -2.19. The van der Waals surface area contributed by atoms with Crippen LogP contribution < -0.4 is 11.5 Å². The van der Waals surface area contributed by atoms with Gasteiger partial charge in [0.05, 0.1) is 5.69 Å². The number of rotatable bonds is 6. The van der Waals surface area contributed by atoms with Crippen molar-refractivity contribution in [1.82, 2.24) is 14.9 Å². The zero-order valence-electron chi connectivity index (χ0n) is 14.4. The van der Waals surface area contributed by atoms with Crippen molar-refractivity contribution in [3.63, 3.8) is 0 Å². The summed E-state index contributed by atoms with van der Waals surface area (Å²) in [5, 5.41) is 7.47. The minimum absolute atomic E-state index is 0.495. The molecule has 1 saturated heterocycles. The van der Waals surface area contributed by atoms with Crippen molar-refractivity contribution < 1.29 is 0 Å². The molecular weight excluding hydrogens is 300 g/mol. The van der Waals surface area contributed by atoms with Crippen molar-refractivity contribution in [3.8, 4) is 0 Å². The summed E-state index contributed by atoms with van der Waals surface area (Å²) in [7, 11) is 0. The number of hydrogen-bond donors (Lipinski definition) is 3. The second-order valence-corrected chi connectivity index (χ2v) is 6.30. The summed E-state index contributed by atoms with van der Waals surface area (Å²) < 4.78 is 0. The summed E-state index contributed by atoms with van der Waals surface area (Å²) in [5.74, 6) is 1.00. The van der Waals surface area contributed by atoms with Crippen LogP contribution in [0.5, 0.6) is 0 Å². The highest BCUT2D eigenvalue weighted by Crippen LogP contribution is 2.25. The third kappa shape index (κ3) is 4.68. The maximum Gasteiger partial charge on any atom is 0.130 e. The predicted molar refractivity (Wildman–Crippen MR) is 99.3 cm³/mol. The summed E-state index contributed by atoms with van der Waals surface area (Å²) in [6.07, 6.45) is 9.01. The molecule has 1 aliphatic heterocycles. The molecule has 1 aromatic heterocycles. The molecular formula is C18H26N6. The fourth-order valence-electron chi connectivity index (χ4n) is 2.86. The molecule has 1 unspecified atom stereocenters. The minimum atomic E-state index is 0.495. The zero-order chi connectivity index (χ0) is 17.7. The summed E-state index contributed by atoms with van der Waals surface area (Å²) >= 11 is 0. The van der Waals surface area contributed by atoms with E-state index in [4.69, 9.17) is 16.9 Å². The highest BCUT2D eigenvalue weighted by atomic mass is 15.2. The standard InChI is InChI=1S/C18H26N6/c1-12(19)8-16(20)9-15-6-7-24(10-15)13(2)4-5-17-14(3)18(21)23-11-22-17/h4-5,8,11,15,19H,2,6-7,9-10,20H2,1,3H3,(H2,21,22,23)/b5-4-,16-8-,19-12?. The largest absolute Gasteiger partial charge is 0.402 e. The van der Waals surface area contributed by atoms with Gasteiger partial charge in [0.25, 0.3) is 0 Å². The van der Waals surface area contributed by atoms with E-state index < -0.39 is 0 Å². The van der Waals surface area contributed by atoms with Gasteiger partial charge in [0, 0.05) is 35.8 Å². The molecule has 0 saturated carbocycles. The van der Waals surface area contributed by atoms with Crippen molar-refractivity contribution >= 4 is 17.6 Å². The number of hydrogen-bond acceptors (Lipinski definition) is 6. The minimum Gasteiger partial charge on any atom is -0.402 e. The molecule has 2 heterocycles. The van der Waals surface area contributed by atoms with Crippen LogP contribution >= 0.6 is 0 Å². The lowest BCUT2D eigenvalue weighted by atomic mass is 10.0. The van der Waals surface area contributed by atoms with E-state index in [1.165, 1.54) is 6.33 Å². The van der Waals surface area contributed by atoms with Gasteiger partial charge in [-0.3, -0.25) is 0 Å².